The van der Waals surface area contributed by atoms with Gasteiger partial charge in [-0.2, -0.15) is 0 Å². The number of carbonyl (C=O) groups is 4. The van der Waals surface area contributed by atoms with Crippen LogP contribution in [0.3, 0.4) is 0 Å². The Morgan fingerprint density at radius 2 is 2.10 bits per heavy atom. The van der Waals surface area contributed by atoms with Crippen LogP contribution in [0.2, 0.25) is 0 Å². The van der Waals surface area contributed by atoms with E-state index in [4.69, 9.17) is 20.3 Å². The second-order valence-corrected chi connectivity index (χ2v) is 7.02. The Morgan fingerprint density at radius 1 is 1.42 bits per heavy atom. The predicted molar refractivity (Wildman–Crippen MR) is 106 cm³/mol. The first-order chi connectivity index (χ1) is 14.7. The molecule has 0 aliphatic carbocycles. The Bertz CT molecular complexity index is 870. The van der Waals surface area contributed by atoms with Crippen LogP contribution in [0.25, 0.3) is 0 Å². The number of aliphatic carboxylic acids is 1. The summed E-state index contributed by atoms with van der Waals surface area (Å²) < 4.78 is 9.96. The number of hydrogen-bond acceptors (Lipinski definition) is 11. The van der Waals surface area contributed by atoms with Crippen LogP contribution in [-0.2, 0) is 28.7 Å². The van der Waals surface area contributed by atoms with Crippen LogP contribution in [-0.4, -0.2) is 103 Å². The fraction of sp³-hybridized carbons (Fsp3) is 0.500. The number of hydrogen-bond donors (Lipinski definition) is 3. The number of carboxylic acids is 1. The molecule has 1 aliphatic rings. The fourth-order valence-electron chi connectivity index (χ4n) is 2.59. The van der Waals surface area contributed by atoms with Gasteiger partial charge in [0.2, 0.25) is 0 Å². The standard InChI is InChI=1S/C16H22N6O8S/c1-28-11(29-2)6-21(5-10(23)24)16(27)22-4-8(14(22)26)18-13(25)12(20-30-3)9-7-31-15(17)19-9/h7-8,11H,4-6H2,1-3H3,(H2,17,19)(H,18,25)(H,23,24)/t8-/m0/s1. The normalized spacial score (nSPS) is 16.1. The number of thiazole rings is 1. The molecule has 0 saturated carbocycles. The van der Waals surface area contributed by atoms with E-state index < -0.39 is 42.7 Å². The molecule has 15 heteroatoms. The van der Waals surface area contributed by atoms with Gasteiger partial charge in [0.1, 0.15) is 25.4 Å². The summed E-state index contributed by atoms with van der Waals surface area (Å²) in [6, 6.07) is -1.86. The van der Waals surface area contributed by atoms with E-state index in [0.29, 0.717) is 0 Å². The molecule has 2 rings (SSSR count). The maximum atomic E-state index is 12.6. The van der Waals surface area contributed by atoms with Crippen molar-refractivity contribution in [3.8, 4) is 0 Å². The number of carbonyl (C=O) groups excluding carboxylic acids is 3. The smallest absolute Gasteiger partial charge is 0.327 e. The number of β-lactam (4-membered cyclic amide) rings is 1. The van der Waals surface area contributed by atoms with Crippen molar-refractivity contribution in [1.29, 1.82) is 0 Å². The molecule has 1 aliphatic heterocycles. The average Bonchev–Trinajstić information content (AvgIpc) is 3.16. The minimum atomic E-state index is -1.28. The highest BCUT2D eigenvalue weighted by atomic mass is 32.1. The van der Waals surface area contributed by atoms with Crippen molar-refractivity contribution in [2.75, 3.05) is 46.7 Å². The molecule has 14 nitrogen and oxygen atoms in total. The number of likely N-dealkylation sites (tertiary alicyclic amines) is 1. The molecular weight excluding hydrogens is 436 g/mol. The molecular formula is C16H22N6O8S. The van der Waals surface area contributed by atoms with Crippen molar-refractivity contribution in [3.63, 3.8) is 0 Å². The zero-order chi connectivity index (χ0) is 23.1. The number of urea groups is 1. The highest BCUT2D eigenvalue weighted by Crippen LogP contribution is 2.16. The summed E-state index contributed by atoms with van der Waals surface area (Å²) in [5, 5.41) is 16.8. The summed E-state index contributed by atoms with van der Waals surface area (Å²) in [4.78, 5) is 58.9. The number of rotatable bonds is 10. The van der Waals surface area contributed by atoms with Crippen molar-refractivity contribution >= 4 is 46.0 Å². The first-order valence-corrected chi connectivity index (χ1v) is 9.60. The summed E-state index contributed by atoms with van der Waals surface area (Å²) in [5.41, 5.74) is 5.53. The van der Waals surface area contributed by atoms with Gasteiger partial charge in [-0.1, -0.05) is 5.16 Å². The molecule has 0 unspecified atom stereocenters. The maximum Gasteiger partial charge on any atom is 0.327 e. The van der Waals surface area contributed by atoms with E-state index in [0.717, 1.165) is 21.1 Å². The monoisotopic (exact) mass is 458 g/mol. The molecule has 0 bridgehead atoms. The van der Waals surface area contributed by atoms with Gasteiger partial charge in [-0.15, -0.1) is 11.3 Å². The molecule has 170 valence electrons. The number of methoxy groups -OCH3 is 2. The largest absolute Gasteiger partial charge is 0.480 e. The molecule has 4 amide bonds. The number of nitrogens with zero attached hydrogens (tertiary/aromatic N) is 4. The Balaban J connectivity index is 2.03. The van der Waals surface area contributed by atoms with Crippen LogP contribution in [0.15, 0.2) is 10.5 Å². The first-order valence-electron chi connectivity index (χ1n) is 8.72. The number of imide groups is 1. The quantitative estimate of drug-likeness (QED) is 0.162. The molecule has 1 saturated heterocycles. The number of nitrogens with two attached hydrogens (primary N) is 1. The number of oxime groups is 1. The molecule has 2 heterocycles. The minimum absolute atomic E-state index is 0.163. The zero-order valence-corrected chi connectivity index (χ0v) is 17.7. The van der Waals surface area contributed by atoms with Crippen LogP contribution in [0.5, 0.6) is 0 Å². The third kappa shape index (κ3) is 5.87. The lowest BCUT2D eigenvalue weighted by Gasteiger charge is -2.39. The van der Waals surface area contributed by atoms with Crippen molar-refractivity contribution in [2.45, 2.75) is 12.3 Å². The Kier molecular flexibility index (Phi) is 8.23. The van der Waals surface area contributed by atoms with E-state index in [1.807, 2.05) is 0 Å². The van der Waals surface area contributed by atoms with Gasteiger partial charge < -0.3 is 35.4 Å². The molecule has 0 spiro atoms. The number of nitrogen functional groups attached to an aromatic ring is 1. The van der Waals surface area contributed by atoms with Crippen molar-refractivity contribution in [3.05, 3.63) is 11.1 Å². The Hall–Kier alpha value is -3.30. The van der Waals surface area contributed by atoms with Gasteiger partial charge in [0.05, 0.1) is 13.1 Å². The van der Waals surface area contributed by atoms with E-state index in [1.165, 1.54) is 26.7 Å². The van der Waals surface area contributed by atoms with E-state index in [-0.39, 0.29) is 29.6 Å². The van der Waals surface area contributed by atoms with Gasteiger partial charge in [-0.05, 0) is 0 Å². The highest BCUT2D eigenvalue weighted by molar-refractivity contribution is 7.13. The second kappa shape index (κ2) is 10.6. The summed E-state index contributed by atoms with van der Waals surface area (Å²) in [6.45, 7) is -1.04. The van der Waals surface area contributed by atoms with Crippen LogP contribution in [0.1, 0.15) is 5.69 Å². The van der Waals surface area contributed by atoms with Crippen molar-refractivity contribution in [2.24, 2.45) is 5.16 Å². The fourth-order valence-corrected chi connectivity index (χ4v) is 3.14. The molecule has 1 fully saturated rings. The average molecular weight is 458 g/mol. The van der Waals surface area contributed by atoms with Crippen LogP contribution in [0, 0.1) is 0 Å². The Labute approximate surface area is 180 Å². The molecule has 1 atom stereocenters. The molecule has 4 N–H and O–H groups in total. The minimum Gasteiger partial charge on any atom is -0.480 e. The summed E-state index contributed by atoms with van der Waals surface area (Å²) >= 11 is 1.09. The van der Waals surface area contributed by atoms with Crippen LogP contribution >= 0.6 is 11.3 Å². The van der Waals surface area contributed by atoms with E-state index in [2.05, 4.69) is 20.3 Å². The molecule has 31 heavy (non-hydrogen) atoms. The number of nitrogens with one attached hydrogen (secondary N) is 1. The topological polar surface area (TPSA) is 186 Å². The zero-order valence-electron chi connectivity index (χ0n) is 16.9. The predicted octanol–water partition coefficient (Wildman–Crippen LogP) is -1.47. The molecule has 0 radical (unpaired) electrons. The number of amides is 4. The molecule has 0 aromatic carbocycles. The third-order valence-corrected chi connectivity index (χ3v) is 4.79. The molecule has 1 aromatic heterocycles. The summed E-state index contributed by atoms with van der Waals surface area (Å²) in [5.74, 6) is -2.74. The van der Waals surface area contributed by atoms with Crippen LogP contribution in [0.4, 0.5) is 9.93 Å². The van der Waals surface area contributed by atoms with E-state index in [9.17, 15) is 19.2 Å². The van der Waals surface area contributed by atoms with Gasteiger partial charge in [0.25, 0.3) is 11.8 Å². The SMILES string of the molecule is CON=C(C(=O)N[C@H]1CN(C(=O)N(CC(=O)O)CC(OC)OC)C1=O)c1csc(N)n1. The number of carboxylic acid groups (broad SMARTS) is 1. The first kappa shape index (κ1) is 24.0. The van der Waals surface area contributed by atoms with Gasteiger partial charge in [0.15, 0.2) is 17.1 Å². The van der Waals surface area contributed by atoms with Gasteiger partial charge in [0, 0.05) is 19.6 Å². The lowest BCUT2D eigenvalue weighted by atomic mass is 10.1. The van der Waals surface area contributed by atoms with Gasteiger partial charge in [-0.3, -0.25) is 19.3 Å². The van der Waals surface area contributed by atoms with E-state index in [1.54, 1.807) is 0 Å². The van der Waals surface area contributed by atoms with Crippen LogP contribution < -0.4 is 11.1 Å². The highest BCUT2D eigenvalue weighted by Gasteiger charge is 2.44. The number of aromatic nitrogens is 1. The van der Waals surface area contributed by atoms with E-state index >= 15 is 0 Å². The lowest BCUT2D eigenvalue weighted by molar-refractivity contribution is -0.146. The molecule has 1 aromatic rings. The lowest BCUT2D eigenvalue weighted by Crippen LogP contribution is -2.68. The van der Waals surface area contributed by atoms with Crippen molar-refractivity contribution < 1.29 is 38.6 Å². The van der Waals surface area contributed by atoms with Crippen molar-refractivity contribution in [1.82, 2.24) is 20.1 Å². The number of anilines is 1. The summed E-state index contributed by atoms with van der Waals surface area (Å²) in [7, 11) is 3.89. The second-order valence-electron chi connectivity index (χ2n) is 6.13. The number of ether oxygens (including phenoxy) is 2. The van der Waals surface area contributed by atoms with Gasteiger partial charge >= 0.3 is 12.0 Å². The summed E-state index contributed by atoms with van der Waals surface area (Å²) in [6.07, 6.45) is -0.881. The Morgan fingerprint density at radius 3 is 2.58 bits per heavy atom. The third-order valence-electron chi connectivity index (χ3n) is 4.12. The van der Waals surface area contributed by atoms with Gasteiger partial charge in [-0.25, -0.2) is 9.78 Å². The maximum absolute atomic E-state index is 12.6.